The molecule has 4 rings (SSSR count). The predicted molar refractivity (Wildman–Crippen MR) is 170 cm³/mol. The molecule has 11 heteroatoms. The summed E-state index contributed by atoms with van der Waals surface area (Å²) in [5.74, 6) is -0.561. The van der Waals surface area contributed by atoms with Crippen LogP contribution in [0.2, 0.25) is 10.0 Å². The van der Waals surface area contributed by atoms with E-state index in [1.807, 2.05) is 6.92 Å². The van der Waals surface area contributed by atoms with Gasteiger partial charge in [0.1, 0.15) is 18.3 Å². The van der Waals surface area contributed by atoms with Crippen LogP contribution in [0.1, 0.15) is 51.0 Å². The lowest BCUT2D eigenvalue weighted by atomic mass is 9.95. The van der Waals surface area contributed by atoms with Gasteiger partial charge in [0.15, 0.2) is 0 Å². The molecule has 230 valence electrons. The molecule has 0 radical (unpaired) electrons. The lowest BCUT2D eigenvalue weighted by Crippen LogP contribution is -2.54. The molecule has 1 atom stereocenters. The Morgan fingerprint density at radius 3 is 2.30 bits per heavy atom. The van der Waals surface area contributed by atoms with Gasteiger partial charge in [-0.3, -0.25) is 13.9 Å². The number of amides is 2. The fourth-order valence-electron chi connectivity index (χ4n) is 5.37. The number of sulfonamides is 1. The summed E-state index contributed by atoms with van der Waals surface area (Å²) in [6, 6.07) is 18.6. The quantitative estimate of drug-likeness (QED) is 0.244. The van der Waals surface area contributed by atoms with Crippen LogP contribution in [-0.4, -0.2) is 50.9 Å². The number of hydrogen-bond donors (Lipinski definition) is 1. The standard InChI is InChI=1S/C32H37Cl2N3O5S/c1-3-28(32(39)35-25-12-6-4-7-13-25)36(21-23-18-19-24(33)20-27(23)34)31(38)22-37(29-16-10-11-17-30(29)42-2)43(40,41)26-14-8-5-9-15-26/h5,8-11,14-20,25,28H,3-4,6-7,12-13,21-22H2,1-2H3,(H,35,39)/t28-/m0/s1. The first-order valence-corrected chi connectivity index (χ1v) is 16.6. The predicted octanol–water partition coefficient (Wildman–Crippen LogP) is 6.45. The Hall–Kier alpha value is -3.27. The van der Waals surface area contributed by atoms with E-state index < -0.39 is 28.5 Å². The summed E-state index contributed by atoms with van der Waals surface area (Å²) in [5.41, 5.74) is 0.782. The molecule has 0 saturated heterocycles. The number of rotatable bonds is 12. The third-order valence-corrected chi connectivity index (χ3v) is 10.0. The van der Waals surface area contributed by atoms with Crippen LogP contribution in [0.5, 0.6) is 5.75 Å². The van der Waals surface area contributed by atoms with Crippen molar-refractivity contribution in [1.82, 2.24) is 10.2 Å². The lowest BCUT2D eigenvalue weighted by Gasteiger charge is -2.34. The molecule has 0 spiro atoms. The van der Waals surface area contributed by atoms with E-state index in [0.29, 0.717) is 22.0 Å². The van der Waals surface area contributed by atoms with Crippen LogP contribution in [0.15, 0.2) is 77.7 Å². The van der Waals surface area contributed by atoms with Gasteiger partial charge < -0.3 is 15.0 Å². The van der Waals surface area contributed by atoms with Gasteiger partial charge in [0.25, 0.3) is 10.0 Å². The number of halogens is 2. The highest BCUT2D eigenvalue weighted by molar-refractivity contribution is 7.92. The third kappa shape index (κ3) is 8.02. The van der Waals surface area contributed by atoms with Crippen molar-refractivity contribution in [2.75, 3.05) is 18.0 Å². The topological polar surface area (TPSA) is 96.0 Å². The zero-order valence-corrected chi connectivity index (χ0v) is 26.7. The number of anilines is 1. The first kappa shape index (κ1) is 32.6. The Labute approximate surface area is 264 Å². The SMILES string of the molecule is CC[C@@H](C(=O)NC1CCCCC1)N(Cc1ccc(Cl)cc1Cl)C(=O)CN(c1ccccc1OC)S(=O)(=O)c1ccccc1. The summed E-state index contributed by atoms with van der Waals surface area (Å²) < 4.78 is 34.6. The summed E-state index contributed by atoms with van der Waals surface area (Å²) in [6.07, 6.45) is 5.30. The van der Waals surface area contributed by atoms with Gasteiger partial charge in [-0.25, -0.2) is 8.42 Å². The molecule has 8 nitrogen and oxygen atoms in total. The zero-order valence-electron chi connectivity index (χ0n) is 24.3. The zero-order chi connectivity index (χ0) is 31.0. The summed E-state index contributed by atoms with van der Waals surface area (Å²) in [7, 11) is -2.78. The summed E-state index contributed by atoms with van der Waals surface area (Å²) in [6.45, 7) is 1.24. The minimum atomic E-state index is -4.22. The highest BCUT2D eigenvalue weighted by atomic mass is 35.5. The molecule has 1 N–H and O–H groups in total. The van der Waals surface area contributed by atoms with E-state index in [-0.39, 0.29) is 34.8 Å². The molecule has 1 aliphatic rings. The van der Waals surface area contributed by atoms with E-state index >= 15 is 0 Å². The van der Waals surface area contributed by atoms with E-state index in [1.165, 1.54) is 24.1 Å². The Balaban J connectivity index is 1.74. The second-order valence-electron chi connectivity index (χ2n) is 10.5. The Bertz CT molecular complexity index is 1510. The van der Waals surface area contributed by atoms with E-state index in [0.717, 1.165) is 36.4 Å². The number of methoxy groups -OCH3 is 1. The summed E-state index contributed by atoms with van der Waals surface area (Å²) in [4.78, 5) is 29.4. The van der Waals surface area contributed by atoms with Gasteiger partial charge in [-0.15, -0.1) is 0 Å². The highest BCUT2D eigenvalue weighted by Gasteiger charge is 2.35. The van der Waals surface area contributed by atoms with E-state index in [4.69, 9.17) is 27.9 Å². The van der Waals surface area contributed by atoms with Crippen LogP contribution in [0.25, 0.3) is 0 Å². The fraction of sp³-hybridized carbons (Fsp3) is 0.375. The molecule has 0 bridgehead atoms. The molecular weight excluding hydrogens is 609 g/mol. The summed E-state index contributed by atoms with van der Waals surface area (Å²) >= 11 is 12.6. The van der Waals surface area contributed by atoms with E-state index in [2.05, 4.69) is 5.32 Å². The van der Waals surface area contributed by atoms with Crippen molar-refractivity contribution in [1.29, 1.82) is 0 Å². The molecule has 1 saturated carbocycles. The first-order valence-electron chi connectivity index (χ1n) is 14.4. The summed E-state index contributed by atoms with van der Waals surface area (Å²) in [5, 5.41) is 3.91. The van der Waals surface area contributed by atoms with Crippen molar-refractivity contribution in [3.63, 3.8) is 0 Å². The average Bonchev–Trinajstić information content (AvgIpc) is 3.01. The van der Waals surface area contributed by atoms with Crippen molar-refractivity contribution in [2.24, 2.45) is 0 Å². The number of benzene rings is 3. The first-order chi connectivity index (χ1) is 20.6. The van der Waals surface area contributed by atoms with Crippen molar-refractivity contribution in [2.45, 2.75) is 69.0 Å². The molecule has 0 unspecified atom stereocenters. The minimum Gasteiger partial charge on any atom is -0.495 e. The molecule has 0 aliphatic heterocycles. The van der Waals surface area contributed by atoms with Gasteiger partial charge in [0, 0.05) is 22.6 Å². The van der Waals surface area contributed by atoms with Gasteiger partial charge in [0.2, 0.25) is 11.8 Å². The molecule has 3 aromatic carbocycles. The Morgan fingerprint density at radius 2 is 1.65 bits per heavy atom. The van der Waals surface area contributed by atoms with Gasteiger partial charge in [-0.05, 0) is 61.2 Å². The molecule has 0 heterocycles. The van der Waals surface area contributed by atoms with Crippen LogP contribution in [0.4, 0.5) is 5.69 Å². The maximum absolute atomic E-state index is 14.3. The molecule has 2 amide bonds. The van der Waals surface area contributed by atoms with Crippen molar-refractivity contribution in [3.05, 3.63) is 88.4 Å². The number of para-hydroxylation sites is 2. The minimum absolute atomic E-state index is 0.0167. The third-order valence-electron chi connectivity index (χ3n) is 7.66. The molecule has 43 heavy (non-hydrogen) atoms. The molecule has 0 aromatic heterocycles. The Morgan fingerprint density at radius 1 is 0.977 bits per heavy atom. The second kappa shape index (κ2) is 14.9. The van der Waals surface area contributed by atoms with Gasteiger partial charge >= 0.3 is 0 Å². The second-order valence-corrected chi connectivity index (χ2v) is 13.2. The normalized spacial score (nSPS) is 14.5. The van der Waals surface area contributed by atoms with Crippen LogP contribution in [0, 0.1) is 0 Å². The largest absolute Gasteiger partial charge is 0.495 e. The lowest BCUT2D eigenvalue weighted by molar-refractivity contribution is -0.140. The van der Waals surface area contributed by atoms with Crippen LogP contribution < -0.4 is 14.4 Å². The van der Waals surface area contributed by atoms with E-state index in [9.17, 15) is 18.0 Å². The average molecular weight is 647 g/mol. The maximum Gasteiger partial charge on any atom is 0.264 e. The Kier molecular flexibility index (Phi) is 11.3. The van der Waals surface area contributed by atoms with Crippen LogP contribution in [0.3, 0.4) is 0 Å². The van der Waals surface area contributed by atoms with Crippen LogP contribution >= 0.6 is 23.2 Å². The van der Waals surface area contributed by atoms with Crippen LogP contribution in [-0.2, 0) is 26.2 Å². The van der Waals surface area contributed by atoms with E-state index in [1.54, 1.807) is 60.7 Å². The smallest absolute Gasteiger partial charge is 0.264 e. The number of carbonyl (C=O) groups is 2. The highest BCUT2D eigenvalue weighted by Crippen LogP contribution is 2.33. The van der Waals surface area contributed by atoms with Crippen molar-refractivity contribution >= 4 is 50.7 Å². The van der Waals surface area contributed by atoms with Crippen molar-refractivity contribution < 1.29 is 22.7 Å². The number of ether oxygens (including phenoxy) is 1. The number of nitrogens with zero attached hydrogens (tertiary/aromatic N) is 2. The van der Waals surface area contributed by atoms with Gasteiger partial charge in [-0.1, -0.05) is 85.8 Å². The van der Waals surface area contributed by atoms with Gasteiger partial charge in [-0.2, -0.15) is 0 Å². The monoisotopic (exact) mass is 645 g/mol. The molecule has 3 aromatic rings. The number of nitrogens with one attached hydrogen (secondary N) is 1. The molecule has 1 aliphatic carbocycles. The maximum atomic E-state index is 14.3. The van der Waals surface area contributed by atoms with Crippen molar-refractivity contribution in [3.8, 4) is 5.75 Å². The molecular formula is C32H37Cl2N3O5S. The number of hydrogen-bond acceptors (Lipinski definition) is 5. The fourth-order valence-corrected chi connectivity index (χ4v) is 7.28. The number of carbonyl (C=O) groups excluding carboxylic acids is 2. The van der Waals surface area contributed by atoms with Gasteiger partial charge in [0.05, 0.1) is 17.7 Å². The molecule has 1 fully saturated rings.